The number of anilines is 1. The lowest BCUT2D eigenvalue weighted by atomic mass is 10.0. The number of rotatable bonds is 7. The molecule has 1 aromatic heterocycles. The van der Waals surface area contributed by atoms with Gasteiger partial charge < -0.3 is 5.32 Å². The van der Waals surface area contributed by atoms with Crippen LogP contribution in [-0.4, -0.2) is 11.9 Å². The summed E-state index contributed by atoms with van der Waals surface area (Å²) in [4.78, 5) is 13.9. The van der Waals surface area contributed by atoms with E-state index in [1.165, 1.54) is 5.56 Å². The van der Waals surface area contributed by atoms with Crippen LogP contribution in [0.4, 0.5) is 5.69 Å². The molecule has 28 heavy (non-hydrogen) atoms. The molecule has 2 aromatic carbocycles. The smallest absolute Gasteiger partial charge is 0.241 e. The van der Waals surface area contributed by atoms with Crippen LogP contribution < -0.4 is 10.6 Å². The van der Waals surface area contributed by atoms with Crippen molar-refractivity contribution in [2.24, 2.45) is 0 Å². The molecule has 4 nitrogen and oxygen atoms in total. The molecule has 2 atom stereocenters. The first-order valence-corrected chi connectivity index (χ1v) is 10.2. The SMILES string of the molecule is CCc1ccc([C@@H](N[C@H](C)C(=O)Nc2ccccc2C#N)c2cccs2)cc1. The highest BCUT2D eigenvalue weighted by molar-refractivity contribution is 7.10. The fourth-order valence-corrected chi connectivity index (χ4v) is 3.81. The van der Waals surface area contributed by atoms with Crippen LogP contribution in [0.5, 0.6) is 0 Å². The predicted molar refractivity (Wildman–Crippen MR) is 114 cm³/mol. The summed E-state index contributed by atoms with van der Waals surface area (Å²) in [5.41, 5.74) is 3.39. The van der Waals surface area contributed by atoms with Gasteiger partial charge in [0.15, 0.2) is 0 Å². The van der Waals surface area contributed by atoms with E-state index in [2.05, 4.69) is 54.0 Å². The van der Waals surface area contributed by atoms with E-state index in [0.717, 1.165) is 16.9 Å². The quantitative estimate of drug-likeness (QED) is 0.605. The summed E-state index contributed by atoms with van der Waals surface area (Å²) in [6, 6.07) is 21.2. The monoisotopic (exact) mass is 389 g/mol. The largest absolute Gasteiger partial charge is 0.324 e. The van der Waals surface area contributed by atoms with Crippen LogP contribution >= 0.6 is 11.3 Å². The van der Waals surface area contributed by atoms with E-state index in [1.807, 2.05) is 18.4 Å². The predicted octanol–water partition coefficient (Wildman–Crippen LogP) is 4.89. The molecule has 3 aromatic rings. The third-order valence-corrected chi connectivity index (χ3v) is 5.60. The van der Waals surface area contributed by atoms with Gasteiger partial charge in [-0.2, -0.15) is 5.26 Å². The number of aryl methyl sites for hydroxylation is 1. The van der Waals surface area contributed by atoms with Crippen LogP contribution in [0.15, 0.2) is 66.0 Å². The highest BCUT2D eigenvalue weighted by atomic mass is 32.1. The number of benzene rings is 2. The molecule has 0 aliphatic rings. The third-order valence-electron chi connectivity index (χ3n) is 4.66. The molecular formula is C23H23N3OS. The van der Waals surface area contributed by atoms with Crippen molar-refractivity contribution in [3.8, 4) is 6.07 Å². The number of nitriles is 1. The van der Waals surface area contributed by atoms with Gasteiger partial charge in [-0.1, -0.05) is 49.4 Å². The maximum absolute atomic E-state index is 12.7. The average molecular weight is 390 g/mol. The average Bonchev–Trinajstić information content (AvgIpc) is 3.27. The van der Waals surface area contributed by atoms with Crippen molar-refractivity contribution in [3.63, 3.8) is 0 Å². The molecule has 0 saturated heterocycles. The van der Waals surface area contributed by atoms with Gasteiger partial charge in [-0.15, -0.1) is 11.3 Å². The molecule has 142 valence electrons. The van der Waals surface area contributed by atoms with Gasteiger partial charge in [0.25, 0.3) is 0 Å². The number of hydrogen-bond acceptors (Lipinski definition) is 4. The molecule has 0 fully saturated rings. The Bertz CT molecular complexity index is 958. The van der Waals surface area contributed by atoms with Crippen LogP contribution in [0, 0.1) is 11.3 Å². The number of nitrogens with one attached hydrogen (secondary N) is 2. The summed E-state index contributed by atoms with van der Waals surface area (Å²) in [5.74, 6) is -0.172. The minimum atomic E-state index is -0.440. The Morgan fingerprint density at radius 2 is 1.86 bits per heavy atom. The van der Waals surface area contributed by atoms with Crippen LogP contribution in [-0.2, 0) is 11.2 Å². The number of hydrogen-bond donors (Lipinski definition) is 2. The number of carbonyl (C=O) groups is 1. The fraction of sp³-hybridized carbons (Fsp3) is 0.217. The lowest BCUT2D eigenvalue weighted by Gasteiger charge is -2.23. The summed E-state index contributed by atoms with van der Waals surface area (Å²) in [6.07, 6.45) is 0.995. The van der Waals surface area contributed by atoms with E-state index in [9.17, 15) is 10.1 Å². The Morgan fingerprint density at radius 1 is 1.11 bits per heavy atom. The zero-order valence-electron chi connectivity index (χ0n) is 16.0. The number of para-hydroxylation sites is 1. The summed E-state index contributed by atoms with van der Waals surface area (Å²) < 4.78 is 0. The van der Waals surface area contributed by atoms with Crippen LogP contribution in [0.1, 0.15) is 41.5 Å². The number of amides is 1. The van der Waals surface area contributed by atoms with Gasteiger partial charge in [-0.3, -0.25) is 10.1 Å². The van der Waals surface area contributed by atoms with E-state index in [-0.39, 0.29) is 11.9 Å². The standard InChI is InChI=1S/C23H23N3OS/c1-3-17-10-12-18(13-11-17)22(21-9-6-14-28-21)25-16(2)23(27)26-20-8-5-4-7-19(20)15-24/h4-14,16,22,25H,3H2,1-2H3,(H,26,27)/t16-,22-/m1/s1. The Labute approximate surface area is 169 Å². The van der Waals surface area contributed by atoms with Crippen LogP contribution in [0.2, 0.25) is 0 Å². The van der Waals surface area contributed by atoms with E-state index < -0.39 is 6.04 Å². The van der Waals surface area contributed by atoms with E-state index in [4.69, 9.17) is 0 Å². The second-order valence-electron chi connectivity index (χ2n) is 6.58. The molecule has 0 aliphatic heterocycles. The van der Waals surface area contributed by atoms with Crippen molar-refractivity contribution in [2.45, 2.75) is 32.4 Å². The molecule has 1 amide bonds. The van der Waals surface area contributed by atoms with E-state index in [0.29, 0.717) is 11.3 Å². The van der Waals surface area contributed by atoms with Gasteiger partial charge >= 0.3 is 0 Å². The van der Waals surface area contributed by atoms with Crippen molar-refractivity contribution in [2.75, 3.05) is 5.32 Å². The fourth-order valence-electron chi connectivity index (χ4n) is 3.00. The normalized spacial score (nSPS) is 12.8. The summed E-state index contributed by atoms with van der Waals surface area (Å²) >= 11 is 1.66. The molecule has 0 bridgehead atoms. The van der Waals surface area contributed by atoms with Crippen molar-refractivity contribution >= 4 is 22.9 Å². The Balaban J connectivity index is 1.78. The number of thiophene rings is 1. The van der Waals surface area contributed by atoms with Crippen molar-refractivity contribution in [1.29, 1.82) is 5.26 Å². The highest BCUT2D eigenvalue weighted by Gasteiger charge is 2.22. The van der Waals surface area contributed by atoms with E-state index >= 15 is 0 Å². The maximum Gasteiger partial charge on any atom is 0.241 e. The van der Waals surface area contributed by atoms with E-state index in [1.54, 1.807) is 35.6 Å². The number of carbonyl (C=O) groups excluding carboxylic acids is 1. The Morgan fingerprint density at radius 3 is 2.50 bits per heavy atom. The molecule has 0 radical (unpaired) electrons. The molecule has 0 unspecified atom stereocenters. The summed E-state index contributed by atoms with van der Waals surface area (Å²) in [7, 11) is 0. The second kappa shape index (κ2) is 9.32. The lowest BCUT2D eigenvalue weighted by molar-refractivity contribution is -0.117. The molecule has 3 rings (SSSR count). The van der Waals surface area contributed by atoms with Gasteiger partial charge in [0.1, 0.15) is 6.07 Å². The number of nitrogens with zero attached hydrogens (tertiary/aromatic N) is 1. The first-order chi connectivity index (χ1) is 13.6. The van der Waals surface area contributed by atoms with Crippen LogP contribution in [0.3, 0.4) is 0 Å². The molecule has 0 aliphatic carbocycles. The Kier molecular flexibility index (Phi) is 6.59. The van der Waals surface area contributed by atoms with Gasteiger partial charge in [0, 0.05) is 4.88 Å². The van der Waals surface area contributed by atoms with Gasteiger partial charge in [-0.05, 0) is 48.1 Å². The van der Waals surface area contributed by atoms with Crippen molar-refractivity contribution < 1.29 is 4.79 Å². The first kappa shape index (κ1) is 19.8. The van der Waals surface area contributed by atoms with Gasteiger partial charge in [0.05, 0.1) is 23.3 Å². The lowest BCUT2D eigenvalue weighted by Crippen LogP contribution is -2.40. The minimum Gasteiger partial charge on any atom is -0.324 e. The highest BCUT2D eigenvalue weighted by Crippen LogP contribution is 2.27. The molecule has 0 saturated carbocycles. The van der Waals surface area contributed by atoms with Gasteiger partial charge in [0.2, 0.25) is 5.91 Å². The van der Waals surface area contributed by atoms with Crippen molar-refractivity contribution in [3.05, 3.63) is 87.6 Å². The second-order valence-corrected chi connectivity index (χ2v) is 7.56. The van der Waals surface area contributed by atoms with Crippen LogP contribution in [0.25, 0.3) is 0 Å². The third kappa shape index (κ3) is 4.66. The van der Waals surface area contributed by atoms with Crippen molar-refractivity contribution in [1.82, 2.24) is 5.32 Å². The maximum atomic E-state index is 12.7. The molecular weight excluding hydrogens is 366 g/mol. The Hall–Kier alpha value is -2.94. The first-order valence-electron chi connectivity index (χ1n) is 9.30. The topological polar surface area (TPSA) is 64.9 Å². The molecule has 0 spiro atoms. The summed E-state index contributed by atoms with van der Waals surface area (Å²) in [6.45, 7) is 3.97. The zero-order chi connectivity index (χ0) is 19.9. The molecule has 5 heteroatoms. The van der Waals surface area contributed by atoms with Gasteiger partial charge in [-0.25, -0.2) is 0 Å². The summed E-state index contributed by atoms with van der Waals surface area (Å²) in [5, 5.41) is 17.6. The zero-order valence-corrected chi connectivity index (χ0v) is 16.8. The minimum absolute atomic E-state index is 0.0714. The molecule has 1 heterocycles. The molecule has 2 N–H and O–H groups in total.